The quantitative estimate of drug-likeness (QED) is 0.344. The number of thioether (sulfide) groups is 1. The van der Waals surface area contributed by atoms with Gasteiger partial charge in [0.05, 0.1) is 37.4 Å². The van der Waals surface area contributed by atoms with Crippen LogP contribution >= 0.6 is 11.8 Å². The van der Waals surface area contributed by atoms with Crippen LogP contribution in [0.25, 0.3) is 5.70 Å². The first kappa shape index (κ1) is 26.2. The molecular weight excluding hydrogens is 517 g/mol. The number of esters is 1. The summed E-state index contributed by atoms with van der Waals surface area (Å²) in [6.07, 6.45) is 0.0207. The van der Waals surface area contributed by atoms with Crippen molar-refractivity contribution in [1.82, 2.24) is 4.90 Å². The number of amidine groups is 1. The number of anilines is 1. The minimum atomic E-state index is -0.600. The standard InChI is InChI=1S/C30H26FN3O4S/c1-3-38-29(36)26-27(19-7-5-4-6-8-19)33-30-34(28(26)20-9-15-24(37-2)16-10-20)23(18-39-30)17-25(35)32-22-13-11-21(31)12-14-22/h4-16,18,28H,3,17H2,1-2H3,(H,32,35). The molecule has 0 fully saturated rings. The molecule has 0 aromatic heterocycles. The van der Waals surface area contributed by atoms with Crippen molar-refractivity contribution in [1.29, 1.82) is 0 Å². The summed E-state index contributed by atoms with van der Waals surface area (Å²) in [4.78, 5) is 33.4. The zero-order chi connectivity index (χ0) is 27.4. The van der Waals surface area contributed by atoms with Crippen molar-refractivity contribution >= 4 is 40.2 Å². The van der Waals surface area contributed by atoms with Gasteiger partial charge in [0.1, 0.15) is 11.6 Å². The summed E-state index contributed by atoms with van der Waals surface area (Å²) in [5.41, 5.74) is 3.67. The number of ether oxygens (including phenoxy) is 2. The number of rotatable bonds is 8. The smallest absolute Gasteiger partial charge is 0.338 e. The normalized spacial score (nSPS) is 16.3. The van der Waals surface area contributed by atoms with Crippen molar-refractivity contribution in [2.75, 3.05) is 19.0 Å². The van der Waals surface area contributed by atoms with Crippen LogP contribution in [0, 0.1) is 5.82 Å². The minimum Gasteiger partial charge on any atom is -0.497 e. The van der Waals surface area contributed by atoms with E-state index in [4.69, 9.17) is 14.5 Å². The maximum atomic E-state index is 13.5. The molecule has 9 heteroatoms. The van der Waals surface area contributed by atoms with Crippen molar-refractivity contribution in [3.63, 3.8) is 0 Å². The Hall–Kier alpha value is -4.37. The molecule has 1 amide bonds. The van der Waals surface area contributed by atoms with Gasteiger partial charge in [0.15, 0.2) is 5.17 Å². The van der Waals surface area contributed by atoms with Crippen LogP contribution in [-0.4, -0.2) is 35.7 Å². The number of halogens is 1. The number of nitrogens with one attached hydrogen (secondary N) is 1. The zero-order valence-electron chi connectivity index (χ0n) is 21.4. The molecule has 0 saturated heterocycles. The average Bonchev–Trinajstić information content (AvgIpc) is 3.36. The van der Waals surface area contributed by atoms with Gasteiger partial charge in [0.2, 0.25) is 5.91 Å². The third-order valence-corrected chi connectivity index (χ3v) is 7.14. The fraction of sp³-hybridized carbons (Fsp3) is 0.167. The maximum absolute atomic E-state index is 13.5. The van der Waals surface area contributed by atoms with E-state index >= 15 is 0 Å². The highest BCUT2D eigenvalue weighted by molar-refractivity contribution is 8.16. The van der Waals surface area contributed by atoms with E-state index in [9.17, 15) is 14.0 Å². The van der Waals surface area contributed by atoms with Gasteiger partial charge in [-0.05, 0) is 54.3 Å². The number of methoxy groups -OCH3 is 1. The van der Waals surface area contributed by atoms with Crippen molar-refractivity contribution in [2.24, 2.45) is 4.99 Å². The Morgan fingerprint density at radius 2 is 1.74 bits per heavy atom. The van der Waals surface area contributed by atoms with E-state index < -0.39 is 12.0 Å². The number of hydrogen-bond donors (Lipinski definition) is 1. The molecule has 3 aromatic rings. The van der Waals surface area contributed by atoms with E-state index in [1.165, 1.54) is 36.0 Å². The highest BCUT2D eigenvalue weighted by Crippen LogP contribution is 2.47. The Morgan fingerprint density at radius 1 is 1.03 bits per heavy atom. The van der Waals surface area contributed by atoms with Gasteiger partial charge in [-0.15, -0.1) is 0 Å². The molecule has 0 saturated carbocycles. The topological polar surface area (TPSA) is 80.2 Å². The molecule has 2 heterocycles. The second-order valence-corrected chi connectivity index (χ2v) is 9.58. The van der Waals surface area contributed by atoms with Crippen LogP contribution in [0.4, 0.5) is 10.1 Å². The predicted octanol–water partition coefficient (Wildman–Crippen LogP) is 6.14. The van der Waals surface area contributed by atoms with E-state index in [1.807, 2.05) is 64.9 Å². The van der Waals surface area contributed by atoms with Gasteiger partial charge in [-0.1, -0.05) is 54.2 Å². The second kappa shape index (κ2) is 11.6. The third-order valence-electron chi connectivity index (χ3n) is 6.25. The fourth-order valence-electron chi connectivity index (χ4n) is 4.49. The first-order chi connectivity index (χ1) is 19.0. The summed E-state index contributed by atoms with van der Waals surface area (Å²) in [6, 6.07) is 22.0. The number of aliphatic imine (C=N–C) groups is 1. The summed E-state index contributed by atoms with van der Waals surface area (Å²) < 4.78 is 24.2. The third kappa shape index (κ3) is 5.58. The van der Waals surface area contributed by atoms with Crippen LogP contribution < -0.4 is 10.1 Å². The lowest BCUT2D eigenvalue weighted by Crippen LogP contribution is -2.37. The molecule has 3 aromatic carbocycles. The Balaban J connectivity index is 1.56. The lowest BCUT2D eigenvalue weighted by molar-refractivity contribution is -0.139. The number of carbonyl (C=O) groups is 2. The second-order valence-electron chi connectivity index (χ2n) is 8.75. The number of fused-ring (bicyclic) bond motifs is 1. The summed E-state index contributed by atoms with van der Waals surface area (Å²) in [6.45, 7) is 1.96. The van der Waals surface area contributed by atoms with Gasteiger partial charge in [-0.2, -0.15) is 0 Å². The Bertz CT molecular complexity index is 1470. The molecule has 7 nitrogen and oxygen atoms in total. The van der Waals surface area contributed by atoms with Gasteiger partial charge >= 0.3 is 5.97 Å². The van der Waals surface area contributed by atoms with Gasteiger partial charge in [0.25, 0.3) is 0 Å². The van der Waals surface area contributed by atoms with Crippen LogP contribution in [0.1, 0.15) is 30.5 Å². The van der Waals surface area contributed by atoms with Gasteiger partial charge in [-0.25, -0.2) is 14.2 Å². The molecule has 0 spiro atoms. The summed E-state index contributed by atoms with van der Waals surface area (Å²) in [5, 5.41) is 5.32. The zero-order valence-corrected chi connectivity index (χ0v) is 22.2. The maximum Gasteiger partial charge on any atom is 0.338 e. The number of hydrogen-bond acceptors (Lipinski definition) is 7. The van der Waals surface area contributed by atoms with Gasteiger partial charge < -0.3 is 19.7 Å². The Labute approximate surface area is 230 Å². The fourth-order valence-corrected chi connectivity index (χ4v) is 5.41. The monoisotopic (exact) mass is 543 g/mol. The molecule has 198 valence electrons. The molecular formula is C30H26FN3O4S. The first-order valence-electron chi connectivity index (χ1n) is 12.4. The number of carbonyl (C=O) groups excluding carboxylic acids is 2. The summed E-state index contributed by atoms with van der Waals surface area (Å²) in [5.74, 6) is -0.462. The summed E-state index contributed by atoms with van der Waals surface area (Å²) in [7, 11) is 1.59. The van der Waals surface area contributed by atoms with Crippen molar-refractivity contribution in [2.45, 2.75) is 19.4 Å². The molecule has 0 radical (unpaired) electrons. The van der Waals surface area contributed by atoms with Crippen LogP contribution in [0.3, 0.4) is 0 Å². The molecule has 0 bridgehead atoms. The van der Waals surface area contributed by atoms with E-state index in [2.05, 4.69) is 5.32 Å². The van der Waals surface area contributed by atoms with Gasteiger partial charge in [-0.3, -0.25) is 4.79 Å². The van der Waals surface area contributed by atoms with E-state index in [0.29, 0.717) is 33.6 Å². The number of amides is 1. The molecule has 39 heavy (non-hydrogen) atoms. The summed E-state index contributed by atoms with van der Waals surface area (Å²) >= 11 is 1.39. The number of nitrogens with zero attached hydrogens (tertiary/aromatic N) is 2. The van der Waals surface area contributed by atoms with E-state index in [-0.39, 0.29) is 24.8 Å². The Morgan fingerprint density at radius 3 is 2.41 bits per heavy atom. The number of benzene rings is 3. The lowest BCUT2D eigenvalue weighted by Gasteiger charge is -2.36. The van der Waals surface area contributed by atoms with Crippen LogP contribution in [0.2, 0.25) is 0 Å². The molecule has 0 aliphatic carbocycles. The molecule has 1 atom stereocenters. The lowest BCUT2D eigenvalue weighted by atomic mass is 9.91. The first-order valence-corrected chi connectivity index (χ1v) is 13.3. The minimum absolute atomic E-state index is 0.0207. The SMILES string of the molecule is CCOC(=O)C1=C(c2ccccc2)N=C2SC=C(CC(=O)Nc3ccc(F)cc3)N2C1c1ccc(OC)cc1. The molecule has 1 N–H and O–H groups in total. The van der Waals surface area contributed by atoms with E-state index in [1.54, 1.807) is 14.0 Å². The van der Waals surface area contributed by atoms with Crippen molar-refractivity contribution in [3.8, 4) is 5.75 Å². The van der Waals surface area contributed by atoms with E-state index in [0.717, 1.165) is 11.1 Å². The van der Waals surface area contributed by atoms with Crippen LogP contribution in [-0.2, 0) is 14.3 Å². The molecule has 2 aliphatic rings. The molecule has 1 unspecified atom stereocenters. The van der Waals surface area contributed by atoms with Crippen LogP contribution in [0.5, 0.6) is 5.75 Å². The Kier molecular flexibility index (Phi) is 7.79. The molecule has 5 rings (SSSR count). The largest absolute Gasteiger partial charge is 0.497 e. The van der Waals surface area contributed by atoms with Crippen LogP contribution in [0.15, 0.2) is 101 Å². The highest BCUT2D eigenvalue weighted by atomic mass is 32.2. The molecule has 2 aliphatic heterocycles. The van der Waals surface area contributed by atoms with Crippen molar-refractivity contribution in [3.05, 3.63) is 112 Å². The predicted molar refractivity (Wildman–Crippen MR) is 150 cm³/mol. The average molecular weight is 544 g/mol. The van der Waals surface area contributed by atoms with Gasteiger partial charge in [0, 0.05) is 16.9 Å². The van der Waals surface area contributed by atoms with Crippen molar-refractivity contribution < 1.29 is 23.5 Å². The highest BCUT2D eigenvalue weighted by Gasteiger charge is 2.42.